The first-order chi connectivity index (χ1) is 15.5. The highest BCUT2D eigenvalue weighted by atomic mass is 32.2. The number of nitriles is 1. The Kier molecular flexibility index (Phi) is 5.22. The molecule has 1 fully saturated rings. The highest BCUT2D eigenvalue weighted by Crippen LogP contribution is 2.38. The second-order valence-electron chi connectivity index (χ2n) is 8.31. The molecule has 0 radical (unpaired) electrons. The van der Waals surface area contributed by atoms with Crippen molar-refractivity contribution in [2.75, 3.05) is 0 Å². The molecule has 32 heavy (non-hydrogen) atoms. The van der Waals surface area contributed by atoms with Gasteiger partial charge < -0.3 is 9.67 Å². The van der Waals surface area contributed by atoms with Crippen molar-refractivity contribution in [1.29, 1.82) is 10.0 Å². The van der Waals surface area contributed by atoms with Crippen LogP contribution in [0.4, 0.5) is 0 Å². The van der Waals surface area contributed by atoms with Gasteiger partial charge in [-0.2, -0.15) is 5.26 Å². The van der Waals surface area contributed by atoms with Crippen molar-refractivity contribution in [2.45, 2.75) is 42.3 Å². The Morgan fingerprint density at radius 3 is 2.16 bits per heavy atom. The van der Waals surface area contributed by atoms with Crippen molar-refractivity contribution in [2.24, 2.45) is 0 Å². The van der Waals surface area contributed by atoms with Crippen molar-refractivity contribution in [3.8, 4) is 6.07 Å². The van der Waals surface area contributed by atoms with Crippen molar-refractivity contribution < 1.29 is 9.32 Å². The molecule has 1 aromatic heterocycles. The molecule has 1 aliphatic rings. The Bertz CT molecular complexity index is 1380. The number of rotatable bonds is 4. The van der Waals surface area contributed by atoms with Crippen LogP contribution in [0.15, 0.2) is 77.7 Å². The Hall–Kier alpha value is -3.18. The van der Waals surface area contributed by atoms with E-state index >= 15 is 0 Å². The van der Waals surface area contributed by atoms with E-state index in [4.69, 9.17) is 10.0 Å². The van der Waals surface area contributed by atoms with Gasteiger partial charge in [-0.15, -0.1) is 0 Å². The molecule has 4 atom stereocenters. The van der Waals surface area contributed by atoms with Gasteiger partial charge in [-0.25, -0.2) is 13.7 Å². The Balaban J connectivity index is 1.50. The highest BCUT2D eigenvalue weighted by Gasteiger charge is 2.36. The van der Waals surface area contributed by atoms with E-state index in [2.05, 4.69) is 33.6 Å². The zero-order valence-electron chi connectivity index (χ0n) is 17.4. The van der Waals surface area contributed by atoms with Gasteiger partial charge in [0, 0.05) is 27.8 Å². The molecule has 1 heterocycles. The monoisotopic (exact) mass is 444 g/mol. The first kappa shape index (κ1) is 20.7. The third kappa shape index (κ3) is 3.47. The number of fused-ring (bicyclic) bond motifs is 3. The summed E-state index contributed by atoms with van der Waals surface area (Å²) in [6.45, 7) is 0. The van der Waals surface area contributed by atoms with Crippen LogP contribution in [0.2, 0.25) is 0 Å². The van der Waals surface area contributed by atoms with Gasteiger partial charge in [-0.1, -0.05) is 36.4 Å². The van der Waals surface area contributed by atoms with Crippen LogP contribution in [-0.2, 0) is 9.92 Å². The van der Waals surface area contributed by atoms with E-state index in [9.17, 15) is 9.32 Å². The number of nitrogens with zero attached hydrogens (tertiary/aromatic N) is 2. The van der Waals surface area contributed by atoms with E-state index < -0.39 is 22.1 Å². The van der Waals surface area contributed by atoms with Gasteiger partial charge in [-0.05, 0) is 55.7 Å². The van der Waals surface area contributed by atoms with Crippen molar-refractivity contribution in [3.05, 3.63) is 78.4 Å². The summed E-state index contributed by atoms with van der Waals surface area (Å²) in [7, 11) is -3.32. The molecule has 3 aromatic carbocycles. The molecule has 1 aliphatic carbocycles. The molecule has 6 nitrogen and oxygen atoms in total. The summed E-state index contributed by atoms with van der Waals surface area (Å²) in [4.78, 5) is 0.308. The molecule has 5 rings (SSSR count). The topological polar surface area (TPSA) is 102 Å². The number of benzene rings is 3. The van der Waals surface area contributed by atoms with E-state index in [0.717, 1.165) is 34.6 Å². The molecule has 4 unspecified atom stereocenters. The minimum Gasteiger partial charge on any atom is -0.389 e. The summed E-state index contributed by atoms with van der Waals surface area (Å²) >= 11 is 0. The Labute approximate surface area is 187 Å². The zero-order chi connectivity index (χ0) is 22.3. The fourth-order valence-corrected chi connectivity index (χ4v) is 6.22. The van der Waals surface area contributed by atoms with Gasteiger partial charge in [0.2, 0.25) is 0 Å². The quantitative estimate of drug-likeness (QED) is 0.424. The number of hydrogen-bond acceptors (Lipinski definition) is 4. The summed E-state index contributed by atoms with van der Waals surface area (Å²) in [5.74, 6) is 0. The van der Waals surface area contributed by atoms with Gasteiger partial charge in [0.05, 0.1) is 28.7 Å². The molecule has 0 amide bonds. The lowest BCUT2D eigenvalue weighted by Crippen LogP contribution is -2.49. The lowest BCUT2D eigenvalue weighted by molar-refractivity contribution is 0.0550. The highest BCUT2D eigenvalue weighted by molar-refractivity contribution is 7.90. The largest absolute Gasteiger partial charge is 0.389 e. The van der Waals surface area contributed by atoms with E-state index in [1.54, 1.807) is 24.3 Å². The summed E-state index contributed by atoms with van der Waals surface area (Å²) in [6.07, 6.45) is 1.50. The standard InChI is InChI=1S/C25H24N4O2S/c26-16-17-12-14-18(15-13-17)32(27,31)28-21-8-5-11-24(25(21)30)29-22-9-3-1-6-19(22)20-7-2-4-10-23(20)29/h1-4,6-7,9-10,12-15,21,24-25,30H,5,8,11H2,(H2,27,28,31). The summed E-state index contributed by atoms with van der Waals surface area (Å²) in [5, 5.41) is 22.6. The van der Waals surface area contributed by atoms with Gasteiger partial charge >= 0.3 is 0 Å². The number of aliphatic hydroxyl groups is 1. The fraction of sp³-hybridized carbons (Fsp3) is 0.240. The number of aliphatic hydroxyl groups excluding tert-OH is 1. The smallest absolute Gasteiger partial charge is 0.134 e. The molecule has 1 saturated carbocycles. The minimum absolute atomic E-state index is 0.192. The maximum absolute atomic E-state index is 13.2. The Morgan fingerprint density at radius 2 is 1.56 bits per heavy atom. The van der Waals surface area contributed by atoms with Crippen LogP contribution < -0.4 is 4.72 Å². The summed E-state index contributed by atoms with van der Waals surface area (Å²) < 4.78 is 26.8. The summed E-state index contributed by atoms with van der Waals surface area (Å²) in [6, 6.07) is 24.0. The van der Waals surface area contributed by atoms with E-state index in [1.807, 2.05) is 30.3 Å². The first-order valence-electron chi connectivity index (χ1n) is 10.7. The van der Waals surface area contributed by atoms with Gasteiger partial charge in [0.1, 0.15) is 9.92 Å². The number of hydrogen-bond donors (Lipinski definition) is 3. The zero-order valence-corrected chi connectivity index (χ0v) is 18.3. The second kappa shape index (κ2) is 8.06. The molecular weight excluding hydrogens is 420 g/mol. The lowest BCUT2D eigenvalue weighted by atomic mass is 9.88. The molecule has 0 saturated heterocycles. The predicted octanol–water partition coefficient (Wildman–Crippen LogP) is 4.73. The van der Waals surface area contributed by atoms with Gasteiger partial charge in [0.15, 0.2) is 0 Å². The van der Waals surface area contributed by atoms with Crippen LogP contribution in [-0.4, -0.2) is 26.0 Å². The van der Waals surface area contributed by atoms with Crippen LogP contribution >= 0.6 is 0 Å². The maximum Gasteiger partial charge on any atom is 0.134 e. The third-order valence-electron chi connectivity index (χ3n) is 6.40. The maximum atomic E-state index is 13.2. The number of nitrogens with one attached hydrogen (secondary N) is 2. The number of aromatic nitrogens is 1. The number of para-hydroxylation sites is 2. The molecular formula is C25H24N4O2S. The van der Waals surface area contributed by atoms with E-state index in [1.165, 1.54) is 0 Å². The van der Waals surface area contributed by atoms with Crippen LogP contribution in [0.25, 0.3) is 21.8 Å². The minimum atomic E-state index is -3.32. The molecule has 4 aromatic rings. The van der Waals surface area contributed by atoms with Crippen molar-refractivity contribution in [1.82, 2.24) is 9.29 Å². The normalized spacial score (nSPS) is 23.1. The third-order valence-corrected chi connectivity index (χ3v) is 7.97. The van der Waals surface area contributed by atoms with Crippen molar-refractivity contribution >= 4 is 31.7 Å². The molecule has 0 spiro atoms. The van der Waals surface area contributed by atoms with Gasteiger partial charge in [0.25, 0.3) is 0 Å². The first-order valence-corrected chi connectivity index (χ1v) is 12.3. The molecule has 0 aliphatic heterocycles. The van der Waals surface area contributed by atoms with E-state index in [-0.39, 0.29) is 6.04 Å². The SMILES string of the molecule is N#Cc1ccc(S(=N)(=O)NC2CCCC(n3c4ccccc4c4ccccc43)C2O)cc1. The van der Waals surface area contributed by atoms with Crippen LogP contribution in [0.3, 0.4) is 0 Å². The molecule has 7 heteroatoms. The Morgan fingerprint density at radius 1 is 0.969 bits per heavy atom. The molecule has 0 bridgehead atoms. The van der Waals surface area contributed by atoms with E-state index in [0.29, 0.717) is 16.9 Å². The average Bonchev–Trinajstić information content (AvgIpc) is 3.15. The van der Waals surface area contributed by atoms with Gasteiger partial charge in [-0.3, -0.25) is 0 Å². The summed E-state index contributed by atoms with van der Waals surface area (Å²) in [5.41, 5.74) is 2.59. The molecule has 3 N–H and O–H groups in total. The van der Waals surface area contributed by atoms with Crippen LogP contribution in [0, 0.1) is 16.1 Å². The second-order valence-corrected chi connectivity index (χ2v) is 10.1. The van der Waals surface area contributed by atoms with Crippen LogP contribution in [0.5, 0.6) is 0 Å². The molecule has 162 valence electrons. The van der Waals surface area contributed by atoms with Crippen LogP contribution in [0.1, 0.15) is 30.9 Å². The average molecular weight is 445 g/mol. The lowest BCUT2D eigenvalue weighted by Gasteiger charge is -2.37. The predicted molar refractivity (Wildman–Crippen MR) is 126 cm³/mol. The van der Waals surface area contributed by atoms with Crippen molar-refractivity contribution in [3.63, 3.8) is 0 Å². The fourth-order valence-electron chi connectivity index (χ4n) is 4.88.